The Morgan fingerprint density at radius 3 is 2.60 bits per heavy atom. The number of allylic oxidation sites excluding steroid dienone is 1. The van der Waals surface area contributed by atoms with E-state index in [-0.39, 0.29) is 61.1 Å². The lowest BCUT2D eigenvalue weighted by atomic mass is 9.77. The maximum absolute atomic E-state index is 14.5. The van der Waals surface area contributed by atoms with E-state index in [0.717, 1.165) is 16.3 Å². The number of nitrogens with one attached hydrogen (secondary N) is 1. The average Bonchev–Trinajstić information content (AvgIpc) is 3.97. The van der Waals surface area contributed by atoms with Crippen molar-refractivity contribution in [2.45, 2.75) is 103 Å². The van der Waals surface area contributed by atoms with Crippen LogP contribution in [0.2, 0.25) is 5.15 Å². The number of hydrogen-bond acceptors (Lipinski definition) is 9. The van der Waals surface area contributed by atoms with Gasteiger partial charge in [-0.05, 0) is 66.5 Å². The highest BCUT2D eigenvalue weighted by Gasteiger charge is 2.61. The summed E-state index contributed by atoms with van der Waals surface area (Å²) in [5.41, 5.74) is -0.915. The molecule has 4 bridgehead atoms. The van der Waals surface area contributed by atoms with Gasteiger partial charge >= 0.3 is 5.97 Å². The van der Waals surface area contributed by atoms with Crippen LogP contribution in [0.1, 0.15) is 91.0 Å². The van der Waals surface area contributed by atoms with E-state index in [0.29, 0.717) is 38.5 Å². The van der Waals surface area contributed by atoms with Gasteiger partial charge in [0.1, 0.15) is 11.3 Å². The number of nitrogens with zero attached hydrogens (tertiary/aromatic N) is 2. The Morgan fingerprint density at radius 2 is 1.92 bits per heavy atom. The Morgan fingerprint density at radius 1 is 1.16 bits per heavy atom. The number of esters is 1. The summed E-state index contributed by atoms with van der Waals surface area (Å²) in [5, 5.41) is 1.19. The van der Waals surface area contributed by atoms with Gasteiger partial charge in [0.25, 0.3) is 0 Å². The van der Waals surface area contributed by atoms with Gasteiger partial charge in [-0.3, -0.25) is 23.9 Å². The molecule has 3 fully saturated rings. The number of hydrogen-bond donors (Lipinski definition) is 1. The highest BCUT2D eigenvalue weighted by atomic mass is 35.5. The SMILES string of the molecule is CC[C@H]1C[C@]1(CC(=O)[C@@H]1C[C@@H]2CN1C(=O)[C@H](C(C)(C)C)CC(=O)OCCC/C=C/c1ccc3cc(Cl)nc(c3c1)O2)C(=O)NS(=O)(=O)C1CC1. The maximum Gasteiger partial charge on any atom is 0.306 e. The summed E-state index contributed by atoms with van der Waals surface area (Å²) in [7, 11) is -3.81. The number of sulfonamides is 1. The first-order valence-electron chi connectivity index (χ1n) is 17.6. The second-order valence-corrected chi connectivity index (χ2v) is 17.7. The predicted octanol–water partition coefficient (Wildman–Crippen LogP) is 5.62. The largest absolute Gasteiger partial charge is 0.472 e. The zero-order valence-electron chi connectivity index (χ0n) is 29.1. The van der Waals surface area contributed by atoms with Gasteiger partial charge < -0.3 is 14.4 Å². The van der Waals surface area contributed by atoms with Crippen LogP contribution in [-0.4, -0.2) is 72.4 Å². The van der Waals surface area contributed by atoms with Gasteiger partial charge in [0.15, 0.2) is 5.78 Å². The van der Waals surface area contributed by atoms with E-state index in [1.54, 1.807) is 6.07 Å². The van der Waals surface area contributed by atoms with Crippen LogP contribution >= 0.6 is 11.6 Å². The lowest BCUT2D eigenvalue weighted by Crippen LogP contribution is -2.48. The molecule has 270 valence electrons. The molecule has 3 heterocycles. The normalized spacial score (nSPS) is 28.4. The van der Waals surface area contributed by atoms with E-state index in [9.17, 15) is 27.6 Å². The number of Topliss-reactive ketones (excluding diaryl/α,β-unsaturated/α-hetero) is 1. The summed E-state index contributed by atoms with van der Waals surface area (Å²) in [6.45, 7) is 7.77. The molecule has 0 spiro atoms. The third-order valence-electron chi connectivity index (χ3n) is 10.7. The van der Waals surface area contributed by atoms with Crippen LogP contribution in [0.4, 0.5) is 0 Å². The third kappa shape index (κ3) is 7.71. The summed E-state index contributed by atoms with van der Waals surface area (Å²) in [6, 6.07) is 6.60. The van der Waals surface area contributed by atoms with Gasteiger partial charge in [0.05, 0.1) is 42.2 Å². The second-order valence-electron chi connectivity index (χ2n) is 15.4. The number of carbonyl (C=O) groups is 4. The minimum absolute atomic E-state index is 0.0403. The molecular weight excluding hydrogens is 682 g/mol. The molecule has 1 saturated heterocycles. The molecular formula is C37H46ClN3O8S. The van der Waals surface area contributed by atoms with Crippen molar-refractivity contribution in [1.82, 2.24) is 14.6 Å². The highest BCUT2D eigenvalue weighted by Crippen LogP contribution is 2.58. The zero-order valence-corrected chi connectivity index (χ0v) is 30.6. The molecule has 50 heavy (non-hydrogen) atoms. The van der Waals surface area contributed by atoms with Gasteiger partial charge in [-0.15, -0.1) is 0 Å². The first-order chi connectivity index (χ1) is 23.6. The number of halogens is 1. The van der Waals surface area contributed by atoms with E-state index in [2.05, 4.69) is 9.71 Å². The predicted molar refractivity (Wildman–Crippen MR) is 189 cm³/mol. The fourth-order valence-electron chi connectivity index (χ4n) is 7.39. The summed E-state index contributed by atoms with van der Waals surface area (Å²) in [5.74, 6) is -2.57. The molecule has 2 aliphatic carbocycles. The number of cyclic esters (lactones) is 1. The number of aromatic nitrogens is 1. The van der Waals surface area contributed by atoms with Crippen LogP contribution < -0.4 is 9.46 Å². The van der Waals surface area contributed by atoms with Crippen molar-refractivity contribution < 1.29 is 37.1 Å². The number of pyridine rings is 1. The van der Waals surface area contributed by atoms with Crippen molar-refractivity contribution in [2.24, 2.45) is 22.7 Å². The van der Waals surface area contributed by atoms with E-state index in [1.165, 1.54) is 4.90 Å². The van der Waals surface area contributed by atoms with Crippen molar-refractivity contribution in [2.75, 3.05) is 13.2 Å². The van der Waals surface area contributed by atoms with Crippen molar-refractivity contribution in [1.29, 1.82) is 0 Å². The van der Waals surface area contributed by atoms with Crippen LogP contribution in [0.5, 0.6) is 5.88 Å². The van der Waals surface area contributed by atoms with Gasteiger partial charge in [-0.2, -0.15) is 0 Å². The minimum Gasteiger partial charge on any atom is -0.472 e. The standard InChI is InChI=1S/C37H46ClN3O8S/c1-5-24-19-37(24,35(45)40-50(46,47)26-12-13-26)20-30(42)29-17-25-21-41(29)34(44)28(36(2,3)4)18-32(43)48-14-8-6-7-9-22-10-11-23-16-31(38)39-33(49-25)27(23)15-22/h7,9-11,15-16,24-26,28-29H,5-6,8,12-14,17-21H2,1-4H3,(H,40,45)/b9-7+/t24-,25+,28+,29-,37+/m0/s1. The molecule has 5 atom stereocenters. The van der Waals surface area contributed by atoms with E-state index in [1.807, 2.05) is 58.0 Å². The molecule has 0 unspecified atom stereocenters. The second kappa shape index (κ2) is 13.9. The number of carbonyl (C=O) groups excluding carboxylic acids is 4. The topological polar surface area (TPSA) is 149 Å². The smallest absolute Gasteiger partial charge is 0.306 e. The Bertz CT molecular complexity index is 1840. The molecule has 4 aliphatic rings. The number of ketones is 1. The van der Waals surface area contributed by atoms with E-state index in [4.69, 9.17) is 21.1 Å². The number of amides is 2. The monoisotopic (exact) mass is 727 g/mol. The molecule has 2 amide bonds. The Kier molecular flexibility index (Phi) is 10.1. The average molecular weight is 728 g/mol. The number of fused-ring (bicyclic) bond motifs is 3. The molecule has 13 heteroatoms. The Labute approximate surface area is 298 Å². The molecule has 2 aliphatic heterocycles. The summed E-state index contributed by atoms with van der Waals surface area (Å²) in [6.07, 6.45) is 6.35. The van der Waals surface area contributed by atoms with Crippen LogP contribution in [0.25, 0.3) is 16.8 Å². The van der Waals surface area contributed by atoms with Crippen LogP contribution in [0.15, 0.2) is 30.3 Å². The zero-order chi connectivity index (χ0) is 36.0. The maximum atomic E-state index is 14.5. The van der Waals surface area contributed by atoms with Crippen LogP contribution in [0, 0.1) is 22.7 Å². The molecule has 1 N–H and O–H groups in total. The number of ether oxygens (including phenoxy) is 2. The molecule has 1 aromatic carbocycles. The molecule has 2 aromatic rings. The first kappa shape index (κ1) is 36.3. The molecule has 0 radical (unpaired) electrons. The van der Waals surface area contributed by atoms with Crippen molar-refractivity contribution in [3.8, 4) is 5.88 Å². The number of rotatable bonds is 7. The molecule has 2 saturated carbocycles. The minimum atomic E-state index is -3.81. The van der Waals surface area contributed by atoms with Gasteiger partial charge in [0, 0.05) is 18.2 Å². The van der Waals surface area contributed by atoms with Gasteiger partial charge in [-0.25, -0.2) is 13.4 Å². The van der Waals surface area contributed by atoms with Crippen molar-refractivity contribution >= 4 is 62.0 Å². The number of benzene rings is 1. The van der Waals surface area contributed by atoms with Gasteiger partial charge in [-0.1, -0.05) is 70.0 Å². The molecule has 1 aromatic heterocycles. The first-order valence-corrected chi connectivity index (χ1v) is 19.5. The van der Waals surface area contributed by atoms with E-state index < -0.39 is 56.0 Å². The fourth-order valence-corrected chi connectivity index (χ4v) is 8.97. The Balaban J connectivity index is 1.34. The third-order valence-corrected chi connectivity index (χ3v) is 12.7. The molecule has 6 rings (SSSR count). The summed E-state index contributed by atoms with van der Waals surface area (Å²) in [4.78, 5) is 61.4. The van der Waals surface area contributed by atoms with Crippen molar-refractivity contribution in [3.05, 3.63) is 41.1 Å². The highest BCUT2D eigenvalue weighted by molar-refractivity contribution is 7.90. The molecule has 11 nitrogen and oxygen atoms in total. The van der Waals surface area contributed by atoms with E-state index >= 15 is 0 Å². The summed E-state index contributed by atoms with van der Waals surface area (Å²) >= 11 is 6.41. The van der Waals surface area contributed by atoms with Crippen LogP contribution in [0.3, 0.4) is 0 Å². The van der Waals surface area contributed by atoms with Gasteiger partial charge in [0.2, 0.25) is 27.7 Å². The fraction of sp³-hybridized carbons (Fsp3) is 0.595. The van der Waals surface area contributed by atoms with Crippen LogP contribution in [-0.2, 0) is 33.9 Å². The lowest BCUT2D eigenvalue weighted by molar-refractivity contribution is -0.153. The Hall–Kier alpha value is -3.51. The van der Waals surface area contributed by atoms with Crippen molar-refractivity contribution in [3.63, 3.8) is 0 Å². The lowest BCUT2D eigenvalue weighted by Gasteiger charge is -2.34. The quantitative estimate of drug-likeness (QED) is 0.283. The summed E-state index contributed by atoms with van der Waals surface area (Å²) < 4.78 is 39.7.